The van der Waals surface area contributed by atoms with Crippen molar-refractivity contribution in [2.45, 2.75) is 49.6 Å². The average molecular weight is 376 g/mol. The Balaban J connectivity index is 1.98. The Hall–Kier alpha value is -0.630. The number of nitrogens with two attached hydrogens (primary N) is 1. The van der Waals surface area contributed by atoms with Crippen LogP contribution in [0.3, 0.4) is 0 Å². The van der Waals surface area contributed by atoms with Crippen molar-refractivity contribution < 1.29 is 8.42 Å². The lowest BCUT2D eigenvalue weighted by atomic mass is 9.99. The topological polar surface area (TPSA) is 84.2 Å². The van der Waals surface area contributed by atoms with Crippen molar-refractivity contribution in [3.8, 4) is 0 Å². The molecule has 4 N–H and O–H groups in total. The largest absolute Gasteiger partial charge is 0.382 e. The van der Waals surface area contributed by atoms with Crippen LogP contribution >= 0.6 is 15.9 Å². The van der Waals surface area contributed by atoms with E-state index in [4.69, 9.17) is 5.14 Å². The van der Waals surface area contributed by atoms with E-state index in [0.717, 1.165) is 18.7 Å². The maximum atomic E-state index is 11.3. The van der Waals surface area contributed by atoms with E-state index in [1.807, 2.05) is 0 Å². The summed E-state index contributed by atoms with van der Waals surface area (Å²) in [5.41, 5.74) is 0.880. The minimum atomic E-state index is -3.66. The van der Waals surface area contributed by atoms with Crippen LogP contribution < -0.4 is 15.8 Å². The molecule has 7 heteroatoms. The first kappa shape index (κ1) is 16.7. The van der Waals surface area contributed by atoms with Gasteiger partial charge in [0, 0.05) is 22.2 Å². The van der Waals surface area contributed by atoms with Crippen LogP contribution in [0.5, 0.6) is 0 Å². The summed E-state index contributed by atoms with van der Waals surface area (Å²) in [6.07, 6.45) is 4.82. The minimum Gasteiger partial charge on any atom is -0.382 e. The quantitative estimate of drug-likeness (QED) is 0.737. The van der Waals surface area contributed by atoms with Gasteiger partial charge in [-0.1, -0.05) is 6.42 Å². The van der Waals surface area contributed by atoms with E-state index in [9.17, 15) is 8.42 Å². The zero-order valence-electron chi connectivity index (χ0n) is 12.1. The molecule has 0 spiro atoms. The maximum Gasteiger partial charge on any atom is 0.238 e. The molecule has 2 atom stereocenters. The van der Waals surface area contributed by atoms with E-state index < -0.39 is 10.0 Å². The third kappa shape index (κ3) is 4.95. The van der Waals surface area contributed by atoms with E-state index in [-0.39, 0.29) is 4.90 Å². The molecule has 1 heterocycles. The summed E-state index contributed by atoms with van der Waals surface area (Å²) in [5.74, 6) is 0. The van der Waals surface area contributed by atoms with Crippen LogP contribution in [0.25, 0.3) is 0 Å². The first-order valence-corrected chi connectivity index (χ1v) is 9.52. The minimum absolute atomic E-state index is 0.113. The molecule has 0 bridgehead atoms. The Morgan fingerprint density at radius 3 is 2.81 bits per heavy atom. The molecule has 1 aliphatic heterocycles. The monoisotopic (exact) mass is 375 g/mol. The second kappa shape index (κ2) is 7.09. The third-order valence-corrected chi connectivity index (χ3v) is 5.29. The summed E-state index contributed by atoms with van der Waals surface area (Å²) in [6, 6.07) is 5.66. The van der Waals surface area contributed by atoms with Gasteiger partial charge in [-0.3, -0.25) is 0 Å². The highest BCUT2D eigenvalue weighted by Crippen LogP contribution is 2.26. The van der Waals surface area contributed by atoms with Gasteiger partial charge in [0.25, 0.3) is 0 Å². The van der Waals surface area contributed by atoms with Gasteiger partial charge in [0.2, 0.25) is 10.0 Å². The second-order valence-corrected chi connectivity index (χ2v) is 8.03. The standard InChI is InChI=1S/C14H22BrN3O2S/c1-10(8-11-4-2-3-7-17-11)18-14-6-5-12(9-13(14)15)21(16,19)20/h5-6,9-11,17-18H,2-4,7-8H2,1H3,(H2,16,19,20). The molecule has 1 aliphatic rings. The van der Waals surface area contributed by atoms with Gasteiger partial charge in [0.05, 0.1) is 4.90 Å². The van der Waals surface area contributed by atoms with Gasteiger partial charge < -0.3 is 10.6 Å². The first-order chi connectivity index (χ1) is 9.86. The zero-order chi connectivity index (χ0) is 15.5. The third-order valence-electron chi connectivity index (χ3n) is 3.72. The highest BCUT2D eigenvalue weighted by atomic mass is 79.9. The Labute approximate surface area is 134 Å². The van der Waals surface area contributed by atoms with Crippen LogP contribution in [-0.2, 0) is 10.0 Å². The van der Waals surface area contributed by atoms with E-state index >= 15 is 0 Å². The second-order valence-electron chi connectivity index (χ2n) is 5.61. The fraction of sp³-hybridized carbons (Fsp3) is 0.571. The van der Waals surface area contributed by atoms with Crippen molar-refractivity contribution in [1.29, 1.82) is 0 Å². The highest BCUT2D eigenvalue weighted by molar-refractivity contribution is 9.10. The van der Waals surface area contributed by atoms with E-state index in [1.54, 1.807) is 6.07 Å². The molecule has 1 fully saturated rings. The molecule has 2 rings (SSSR count). The van der Waals surface area contributed by atoms with Crippen molar-refractivity contribution in [2.75, 3.05) is 11.9 Å². The van der Waals surface area contributed by atoms with Crippen molar-refractivity contribution in [1.82, 2.24) is 5.32 Å². The number of halogens is 1. The number of primary sulfonamides is 1. The van der Waals surface area contributed by atoms with Crippen molar-refractivity contribution in [3.63, 3.8) is 0 Å². The molecule has 0 amide bonds. The van der Waals surface area contributed by atoms with Crippen LogP contribution in [0.15, 0.2) is 27.6 Å². The smallest absolute Gasteiger partial charge is 0.238 e. The molecule has 1 saturated heterocycles. The van der Waals surface area contributed by atoms with E-state index in [1.165, 1.54) is 31.4 Å². The summed E-state index contributed by atoms with van der Waals surface area (Å²) in [7, 11) is -3.66. The van der Waals surface area contributed by atoms with Gasteiger partial charge in [-0.15, -0.1) is 0 Å². The fourth-order valence-electron chi connectivity index (χ4n) is 2.67. The number of rotatable bonds is 5. The average Bonchev–Trinajstić information content (AvgIpc) is 2.41. The molecule has 2 unspecified atom stereocenters. The molecular weight excluding hydrogens is 354 g/mol. The SMILES string of the molecule is CC(CC1CCCCN1)Nc1ccc(S(N)(=O)=O)cc1Br. The molecule has 5 nitrogen and oxygen atoms in total. The van der Waals surface area contributed by atoms with Crippen LogP contribution in [0.1, 0.15) is 32.6 Å². The lowest BCUT2D eigenvalue weighted by Gasteiger charge is -2.27. The molecule has 0 radical (unpaired) electrons. The van der Waals surface area contributed by atoms with Crippen LogP contribution in [-0.4, -0.2) is 27.0 Å². The number of sulfonamides is 1. The van der Waals surface area contributed by atoms with E-state index in [2.05, 4.69) is 33.5 Å². The zero-order valence-corrected chi connectivity index (χ0v) is 14.5. The van der Waals surface area contributed by atoms with Crippen molar-refractivity contribution in [2.24, 2.45) is 5.14 Å². The lowest BCUT2D eigenvalue weighted by Crippen LogP contribution is -2.37. The predicted octanol–water partition coefficient (Wildman–Crippen LogP) is 2.43. The first-order valence-electron chi connectivity index (χ1n) is 7.18. The fourth-order valence-corrected chi connectivity index (χ4v) is 3.85. The van der Waals surface area contributed by atoms with Crippen LogP contribution in [0.2, 0.25) is 0 Å². The lowest BCUT2D eigenvalue weighted by molar-refractivity contribution is 0.371. The van der Waals surface area contributed by atoms with Gasteiger partial charge in [-0.25, -0.2) is 13.6 Å². The predicted molar refractivity (Wildman–Crippen MR) is 88.9 cm³/mol. The van der Waals surface area contributed by atoms with Gasteiger partial charge in [0.1, 0.15) is 0 Å². The Morgan fingerprint density at radius 2 is 2.24 bits per heavy atom. The Kier molecular flexibility index (Phi) is 5.65. The summed E-state index contributed by atoms with van der Waals surface area (Å²) in [5, 5.41) is 12.1. The van der Waals surface area contributed by atoms with Crippen molar-refractivity contribution in [3.05, 3.63) is 22.7 Å². The van der Waals surface area contributed by atoms with Gasteiger partial charge in [-0.2, -0.15) is 0 Å². The number of benzene rings is 1. The van der Waals surface area contributed by atoms with E-state index in [0.29, 0.717) is 16.6 Å². The summed E-state index contributed by atoms with van der Waals surface area (Å²) < 4.78 is 23.3. The molecule has 0 saturated carbocycles. The summed E-state index contributed by atoms with van der Waals surface area (Å²) in [6.45, 7) is 3.24. The highest BCUT2D eigenvalue weighted by Gasteiger charge is 2.17. The maximum absolute atomic E-state index is 11.3. The Bertz CT molecular complexity index is 586. The van der Waals surface area contributed by atoms with Gasteiger partial charge in [0.15, 0.2) is 0 Å². The molecule has 0 aromatic heterocycles. The molecule has 1 aromatic carbocycles. The molecule has 21 heavy (non-hydrogen) atoms. The number of hydrogen-bond donors (Lipinski definition) is 3. The molecule has 1 aromatic rings. The van der Waals surface area contributed by atoms with Gasteiger partial charge >= 0.3 is 0 Å². The summed E-state index contributed by atoms with van der Waals surface area (Å²) >= 11 is 3.40. The number of piperidine rings is 1. The van der Waals surface area contributed by atoms with Crippen LogP contribution in [0.4, 0.5) is 5.69 Å². The molecule has 118 valence electrons. The Morgan fingerprint density at radius 1 is 1.48 bits per heavy atom. The molecule has 0 aliphatic carbocycles. The number of anilines is 1. The normalized spacial score (nSPS) is 21.0. The molecular formula is C14H22BrN3O2S. The number of nitrogens with one attached hydrogen (secondary N) is 2. The number of hydrogen-bond acceptors (Lipinski definition) is 4. The van der Waals surface area contributed by atoms with Gasteiger partial charge in [-0.05, 0) is 66.9 Å². The van der Waals surface area contributed by atoms with Crippen molar-refractivity contribution >= 4 is 31.6 Å². The van der Waals surface area contributed by atoms with Crippen LogP contribution in [0, 0.1) is 0 Å². The summed E-state index contributed by atoms with van der Waals surface area (Å²) in [4.78, 5) is 0.113.